The van der Waals surface area contributed by atoms with E-state index in [2.05, 4.69) is 4.99 Å². The second-order valence-corrected chi connectivity index (χ2v) is 8.33. The zero-order valence-electron chi connectivity index (χ0n) is 16.2. The molecule has 0 atom stereocenters. The van der Waals surface area contributed by atoms with Crippen molar-refractivity contribution in [2.75, 3.05) is 12.9 Å². The highest BCUT2D eigenvalue weighted by Crippen LogP contribution is 2.18. The molecule has 0 radical (unpaired) electrons. The number of hydrogen-bond donors (Lipinski definition) is 1. The summed E-state index contributed by atoms with van der Waals surface area (Å²) in [5, 5.41) is 10.2. The van der Waals surface area contributed by atoms with Gasteiger partial charge in [0.15, 0.2) is 9.84 Å². The van der Waals surface area contributed by atoms with E-state index in [-0.39, 0.29) is 4.90 Å². The summed E-state index contributed by atoms with van der Waals surface area (Å²) in [6, 6.07) is 5.84. The number of ether oxygens (including phenoxy) is 1. The molecule has 154 valence electrons. The molecular weight excluding hydrogens is 404 g/mol. The standard InChI is InChI=1S/C22H20N2O5S/c1-29-19-8-10-20(11-9-19)30(27,28)16-22(25)23-21-5-3-2-4-18(21)7-6-17-12-14-24(26)15-13-17/h2-15,26H,16H2,1H3. The topological polar surface area (TPSA) is 96.3 Å². The van der Waals surface area contributed by atoms with Gasteiger partial charge in [-0.25, -0.2) is 18.5 Å². The molecule has 1 aliphatic heterocycles. The van der Waals surface area contributed by atoms with E-state index in [1.807, 2.05) is 0 Å². The lowest BCUT2D eigenvalue weighted by Gasteiger charge is -2.10. The molecule has 3 rings (SSSR count). The normalized spacial score (nSPS) is 18.3. The van der Waals surface area contributed by atoms with Crippen LogP contribution >= 0.6 is 0 Å². The van der Waals surface area contributed by atoms with Gasteiger partial charge in [-0.3, -0.25) is 10.0 Å². The monoisotopic (exact) mass is 424 g/mol. The molecule has 0 bridgehead atoms. The number of amides is 1. The average Bonchev–Trinajstić information content (AvgIpc) is 2.74. The minimum absolute atomic E-state index is 0.0326. The Morgan fingerprint density at radius 2 is 1.73 bits per heavy atom. The first-order valence-corrected chi connectivity index (χ1v) is 10.6. The fourth-order valence-corrected chi connectivity index (χ4v) is 3.76. The second kappa shape index (κ2) is 9.34. The van der Waals surface area contributed by atoms with Crippen molar-refractivity contribution >= 4 is 21.5 Å². The highest BCUT2D eigenvalue weighted by Gasteiger charge is 2.20. The van der Waals surface area contributed by atoms with Crippen LogP contribution in [0.15, 0.2) is 106 Å². The van der Waals surface area contributed by atoms with E-state index in [1.54, 1.807) is 48.6 Å². The number of hydroxylamine groups is 2. The van der Waals surface area contributed by atoms with Gasteiger partial charge in [0.05, 0.1) is 17.7 Å². The molecule has 30 heavy (non-hydrogen) atoms. The van der Waals surface area contributed by atoms with Crippen LogP contribution in [0, 0.1) is 0 Å². The Hall–Kier alpha value is -3.49. The Balaban J connectivity index is 1.77. The fraction of sp³-hybridized carbons (Fsp3) is 0.0909. The summed E-state index contributed by atoms with van der Waals surface area (Å²) in [4.78, 5) is 16.4. The minimum atomic E-state index is -3.82. The van der Waals surface area contributed by atoms with Gasteiger partial charge in [0.25, 0.3) is 5.91 Å². The van der Waals surface area contributed by atoms with E-state index in [4.69, 9.17) is 4.74 Å². The third-order valence-electron chi connectivity index (χ3n) is 4.21. The van der Waals surface area contributed by atoms with Crippen LogP contribution in [0.2, 0.25) is 0 Å². The maximum absolute atomic E-state index is 12.5. The van der Waals surface area contributed by atoms with Crippen LogP contribution in [0.3, 0.4) is 0 Å². The van der Waals surface area contributed by atoms with E-state index in [9.17, 15) is 18.4 Å². The Bertz CT molecular complexity index is 1120. The van der Waals surface area contributed by atoms with Crippen LogP contribution in [-0.4, -0.2) is 43.2 Å². The van der Waals surface area contributed by atoms with Crippen LogP contribution in [0.25, 0.3) is 0 Å². The summed E-state index contributed by atoms with van der Waals surface area (Å²) in [5.74, 6) is -0.961. The summed E-state index contributed by atoms with van der Waals surface area (Å²) in [7, 11) is -2.34. The molecule has 1 aliphatic carbocycles. The number of carbonyl (C=O) groups excluding carboxylic acids is 1. The number of rotatable bonds is 5. The van der Waals surface area contributed by atoms with Crippen molar-refractivity contribution in [3.8, 4) is 5.75 Å². The van der Waals surface area contributed by atoms with Gasteiger partial charge in [-0.15, -0.1) is 0 Å². The van der Waals surface area contributed by atoms with Gasteiger partial charge >= 0.3 is 0 Å². The lowest BCUT2D eigenvalue weighted by atomic mass is 10.0. The van der Waals surface area contributed by atoms with Gasteiger partial charge in [-0.2, -0.15) is 0 Å². The molecule has 0 saturated heterocycles. The Labute approximate surface area is 174 Å². The minimum Gasteiger partial charge on any atom is -0.497 e. The van der Waals surface area contributed by atoms with Crippen LogP contribution in [0.1, 0.15) is 0 Å². The molecule has 1 aromatic rings. The number of aliphatic imine (C=N–C) groups is 1. The van der Waals surface area contributed by atoms with Gasteiger partial charge in [0, 0.05) is 18.0 Å². The SMILES string of the molecule is COc1ccc(S(=O)(=O)CC(=O)N=C2C=CC=CC2=CC=C2C=CN(O)C=C2)cc1. The van der Waals surface area contributed by atoms with E-state index < -0.39 is 21.5 Å². The number of allylic oxidation sites excluding steroid dienone is 10. The first kappa shape index (κ1) is 21.2. The molecular formula is C22H20N2O5S. The Morgan fingerprint density at radius 3 is 2.40 bits per heavy atom. The molecule has 0 aromatic heterocycles. The summed E-state index contributed by atoms with van der Waals surface area (Å²) in [6.07, 6.45) is 16.9. The van der Waals surface area contributed by atoms with Gasteiger partial charge in [0.1, 0.15) is 11.5 Å². The third-order valence-corrected chi connectivity index (χ3v) is 5.83. The number of benzene rings is 1. The summed E-state index contributed by atoms with van der Waals surface area (Å²) in [5.41, 5.74) is 1.87. The number of sulfone groups is 1. The number of hydrogen-bond acceptors (Lipinski definition) is 6. The molecule has 8 heteroatoms. The maximum Gasteiger partial charge on any atom is 0.261 e. The van der Waals surface area contributed by atoms with Crippen molar-refractivity contribution < 1.29 is 23.2 Å². The van der Waals surface area contributed by atoms with Crippen molar-refractivity contribution in [1.82, 2.24) is 5.06 Å². The Kier molecular flexibility index (Phi) is 6.61. The van der Waals surface area contributed by atoms with Crippen molar-refractivity contribution in [3.63, 3.8) is 0 Å². The number of methoxy groups -OCH3 is 1. The summed E-state index contributed by atoms with van der Waals surface area (Å²) in [6.45, 7) is 0. The van der Waals surface area contributed by atoms with Gasteiger partial charge in [-0.1, -0.05) is 30.4 Å². The quantitative estimate of drug-likeness (QED) is 0.780. The molecule has 1 amide bonds. The average molecular weight is 424 g/mol. The van der Waals surface area contributed by atoms with E-state index in [0.29, 0.717) is 17.0 Å². The molecule has 0 unspecified atom stereocenters. The fourth-order valence-electron chi connectivity index (χ4n) is 2.65. The van der Waals surface area contributed by atoms with E-state index >= 15 is 0 Å². The summed E-state index contributed by atoms with van der Waals surface area (Å²) < 4.78 is 30.0. The predicted molar refractivity (Wildman–Crippen MR) is 114 cm³/mol. The van der Waals surface area contributed by atoms with Crippen molar-refractivity contribution in [2.24, 2.45) is 4.99 Å². The number of nitrogens with zero attached hydrogens (tertiary/aromatic N) is 2. The Morgan fingerprint density at radius 1 is 1.07 bits per heavy atom. The molecule has 0 spiro atoms. The van der Waals surface area contributed by atoms with Crippen LogP contribution in [0.4, 0.5) is 0 Å². The maximum atomic E-state index is 12.5. The molecule has 2 aliphatic rings. The second-order valence-electron chi connectivity index (χ2n) is 6.34. The van der Waals surface area contributed by atoms with Crippen molar-refractivity contribution in [3.05, 3.63) is 96.4 Å². The predicted octanol–water partition coefficient (Wildman–Crippen LogP) is 3.15. The molecule has 7 nitrogen and oxygen atoms in total. The van der Waals surface area contributed by atoms with Crippen LogP contribution < -0.4 is 4.74 Å². The molecule has 1 aromatic carbocycles. The van der Waals surface area contributed by atoms with Gasteiger partial charge in [0.2, 0.25) is 0 Å². The number of carbonyl (C=O) groups is 1. The zero-order chi connectivity index (χ0) is 21.6. The van der Waals surface area contributed by atoms with Crippen molar-refractivity contribution in [2.45, 2.75) is 4.90 Å². The molecule has 0 saturated carbocycles. The first-order valence-electron chi connectivity index (χ1n) is 8.96. The van der Waals surface area contributed by atoms with Gasteiger partial charge in [-0.05, 0) is 48.1 Å². The first-order chi connectivity index (χ1) is 14.4. The lowest BCUT2D eigenvalue weighted by molar-refractivity contribution is -0.115. The van der Waals surface area contributed by atoms with Crippen LogP contribution in [0.5, 0.6) is 5.75 Å². The van der Waals surface area contributed by atoms with Crippen LogP contribution in [-0.2, 0) is 14.6 Å². The third kappa shape index (κ3) is 5.53. The molecule has 1 N–H and O–H groups in total. The largest absolute Gasteiger partial charge is 0.497 e. The summed E-state index contributed by atoms with van der Waals surface area (Å²) >= 11 is 0. The highest BCUT2D eigenvalue weighted by molar-refractivity contribution is 7.92. The molecule has 1 heterocycles. The highest BCUT2D eigenvalue weighted by atomic mass is 32.2. The zero-order valence-corrected chi connectivity index (χ0v) is 17.0. The van der Waals surface area contributed by atoms with Gasteiger partial charge < -0.3 is 4.74 Å². The smallest absolute Gasteiger partial charge is 0.261 e. The van der Waals surface area contributed by atoms with E-state index in [1.165, 1.54) is 43.8 Å². The van der Waals surface area contributed by atoms with E-state index in [0.717, 1.165) is 10.6 Å². The lowest BCUT2D eigenvalue weighted by Crippen LogP contribution is -2.16. The van der Waals surface area contributed by atoms with Crippen molar-refractivity contribution in [1.29, 1.82) is 0 Å². The molecule has 0 fully saturated rings.